The van der Waals surface area contributed by atoms with Crippen molar-refractivity contribution in [2.45, 2.75) is 32.4 Å². The zero-order chi connectivity index (χ0) is 12.2. The molecule has 0 saturated carbocycles. The van der Waals surface area contributed by atoms with E-state index in [9.17, 15) is 9.90 Å². The monoisotopic (exact) mass is 227 g/mol. The maximum atomic E-state index is 10.8. The fourth-order valence-electron chi connectivity index (χ4n) is 1.24. The van der Waals surface area contributed by atoms with Gasteiger partial charge in [-0.3, -0.25) is 0 Å². The molecular weight excluding hydrogens is 210 g/mol. The Kier molecular flexibility index (Phi) is 4.09. The third-order valence-electron chi connectivity index (χ3n) is 2.53. The molecule has 90 valence electrons. The largest absolute Gasteiger partial charge is 0.478 e. The van der Waals surface area contributed by atoms with Gasteiger partial charge in [-0.15, -0.1) is 0 Å². The van der Waals surface area contributed by atoms with Gasteiger partial charge in [-0.25, -0.2) is 4.79 Å². The minimum absolute atomic E-state index is 0.156. The molecule has 0 aliphatic rings. The quantitative estimate of drug-likeness (QED) is 0.680. The normalized spacial score (nSPS) is 14.7. The molecule has 0 spiro atoms. The summed E-state index contributed by atoms with van der Waals surface area (Å²) in [6, 6.07) is 1.41. The summed E-state index contributed by atoms with van der Waals surface area (Å²) in [4.78, 5) is 10.8. The molecule has 3 N–H and O–H groups in total. The molecule has 0 bridgehead atoms. The van der Waals surface area contributed by atoms with Crippen LogP contribution in [0, 0.1) is 0 Å². The van der Waals surface area contributed by atoms with E-state index in [1.165, 1.54) is 12.3 Å². The van der Waals surface area contributed by atoms with Gasteiger partial charge >= 0.3 is 5.97 Å². The first kappa shape index (κ1) is 12.7. The van der Waals surface area contributed by atoms with Crippen molar-refractivity contribution < 1.29 is 19.4 Å². The molecule has 16 heavy (non-hydrogen) atoms. The van der Waals surface area contributed by atoms with Crippen molar-refractivity contribution >= 4 is 5.97 Å². The minimum Gasteiger partial charge on any atom is -0.478 e. The van der Waals surface area contributed by atoms with Crippen LogP contribution in [0.15, 0.2) is 16.7 Å². The minimum atomic E-state index is -1.01. The van der Waals surface area contributed by atoms with Gasteiger partial charge in [0.2, 0.25) is 0 Å². The SMILES string of the molecule is CCC(C)(O)CNCc1occc1C(=O)O. The van der Waals surface area contributed by atoms with Gasteiger partial charge in [0.05, 0.1) is 18.4 Å². The molecule has 5 heteroatoms. The standard InChI is InChI=1S/C11H17NO4/c1-3-11(2,15)7-12-6-9-8(10(13)14)4-5-16-9/h4-5,12,15H,3,6-7H2,1-2H3,(H,13,14). The Hall–Kier alpha value is -1.33. The average Bonchev–Trinajstić information content (AvgIpc) is 2.66. The van der Waals surface area contributed by atoms with E-state index in [2.05, 4.69) is 5.32 Å². The maximum absolute atomic E-state index is 10.8. The fourth-order valence-corrected chi connectivity index (χ4v) is 1.24. The molecule has 1 rings (SSSR count). The average molecular weight is 227 g/mol. The van der Waals surface area contributed by atoms with Crippen LogP contribution in [0.3, 0.4) is 0 Å². The van der Waals surface area contributed by atoms with Crippen molar-refractivity contribution in [1.82, 2.24) is 5.32 Å². The number of nitrogens with one attached hydrogen (secondary N) is 1. The van der Waals surface area contributed by atoms with Crippen molar-refractivity contribution in [3.63, 3.8) is 0 Å². The maximum Gasteiger partial charge on any atom is 0.339 e. The number of carboxylic acid groups (broad SMARTS) is 1. The van der Waals surface area contributed by atoms with Gasteiger partial charge in [0.1, 0.15) is 11.3 Å². The highest BCUT2D eigenvalue weighted by atomic mass is 16.4. The molecule has 5 nitrogen and oxygen atoms in total. The van der Waals surface area contributed by atoms with Gasteiger partial charge in [-0.2, -0.15) is 0 Å². The number of carbonyl (C=O) groups is 1. The van der Waals surface area contributed by atoms with Crippen LogP contribution in [-0.4, -0.2) is 28.3 Å². The molecule has 1 aromatic rings. The molecule has 1 aromatic heterocycles. The van der Waals surface area contributed by atoms with Crippen LogP contribution in [0.4, 0.5) is 0 Å². The summed E-state index contributed by atoms with van der Waals surface area (Å²) in [5, 5.41) is 21.5. The second-order valence-electron chi connectivity index (χ2n) is 4.02. The van der Waals surface area contributed by atoms with Gasteiger partial charge < -0.3 is 19.9 Å². The molecule has 1 heterocycles. The summed E-state index contributed by atoms with van der Waals surface area (Å²) in [6.45, 7) is 4.30. The smallest absolute Gasteiger partial charge is 0.339 e. The molecule has 0 saturated heterocycles. The lowest BCUT2D eigenvalue weighted by atomic mass is 10.0. The molecule has 0 amide bonds. The van der Waals surface area contributed by atoms with Crippen molar-refractivity contribution in [3.8, 4) is 0 Å². The van der Waals surface area contributed by atoms with Gasteiger partial charge in [0.25, 0.3) is 0 Å². The van der Waals surface area contributed by atoms with Gasteiger partial charge in [-0.1, -0.05) is 6.92 Å². The summed E-state index contributed by atoms with van der Waals surface area (Å²) in [5.41, 5.74) is -0.626. The van der Waals surface area contributed by atoms with Gasteiger partial charge in [0.15, 0.2) is 0 Å². The molecule has 0 aromatic carbocycles. The number of aromatic carboxylic acids is 1. The highest BCUT2D eigenvalue weighted by Gasteiger charge is 2.18. The molecular formula is C11H17NO4. The Morgan fingerprint density at radius 2 is 2.31 bits per heavy atom. The number of rotatable bonds is 6. The van der Waals surface area contributed by atoms with E-state index in [0.717, 1.165) is 0 Å². The topological polar surface area (TPSA) is 82.7 Å². The highest BCUT2D eigenvalue weighted by Crippen LogP contribution is 2.11. The lowest BCUT2D eigenvalue weighted by Gasteiger charge is -2.21. The Bertz CT molecular complexity index is 357. The zero-order valence-corrected chi connectivity index (χ0v) is 9.49. The predicted molar refractivity (Wildman–Crippen MR) is 58.3 cm³/mol. The van der Waals surface area contributed by atoms with Crippen molar-refractivity contribution in [2.75, 3.05) is 6.54 Å². The molecule has 0 aliphatic carbocycles. The van der Waals surface area contributed by atoms with Crippen molar-refractivity contribution in [2.24, 2.45) is 0 Å². The van der Waals surface area contributed by atoms with E-state index in [-0.39, 0.29) is 5.56 Å². The van der Waals surface area contributed by atoms with Crippen LogP contribution >= 0.6 is 0 Å². The zero-order valence-electron chi connectivity index (χ0n) is 9.49. The second kappa shape index (κ2) is 5.14. The van der Waals surface area contributed by atoms with Gasteiger partial charge in [-0.05, 0) is 19.4 Å². The van der Waals surface area contributed by atoms with Crippen LogP contribution in [-0.2, 0) is 6.54 Å². The third kappa shape index (κ3) is 3.36. The number of hydrogen-bond donors (Lipinski definition) is 3. The van der Waals surface area contributed by atoms with E-state index >= 15 is 0 Å². The number of carboxylic acids is 1. The second-order valence-corrected chi connectivity index (χ2v) is 4.02. The third-order valence-corrected chi connectivity index (χ3v) is 2.53. The number of aliphatic hydroxyl groups is 1. The first-order chi connectivity index (χ1) is 7.46. The highest BCUT2D eigenvalue weighted by molar-refractivity contribution is 5.88. The Morgan fingerprint density at radius 3 is 2.88 bits per heavy atom. The van der Waals surface area contributed by atoms with Crippen molar-refractivity contribution in [1.29, 1.82) is 0 Å². The summed E-state index contributed by atoms with van der Waals surface area (Å²) in [5.74, 6) is -0.632. The summed E-state index contributed by atoms with van der Waals surface area (Å²) in [6.07, 6.45) is 1.97. The Labute approximate surface area is 94.1 Å². The van der Waals surface area contributed by atoms with Crippen molar-refractivity contribution in [3.05, 3.63) is 23.7 Å². The fraction of sp³-hybridized carbons (Fsp3) is 0.545. The Balaban J connectivity index is 2.49. The number of furan rings is 1. The van der Waals surface area contributed by atoms with E-state index in [0.29, 0.717) is 25.3 Å². The van der Waals surface area contributed by atoms with Crippen LogP contribution in [0.5, 0.6) is 0 Å². The summed E-state index contributed by atoms with van der Waals surface area (Å²) in [7, 11) is 0. The van der Waals surface area contributed by atoms with E-state index in [4.69, 9.17) is 9.52 Å². The van der Waals surface area contributed by atoms with Crippen LogP contribution < -0.4 is 5.32 Å². The first-order valence-electron chi connectivity index (χ1n) is 5.19. The molecule has 0 radical (unpaired) electrons. The van der Waals surface area contributed by atoms with E-state index < -0.39 is 11.6 Å². The van der Waals surface area contributed by atoms with Crippen LogP contribution in [0.2, 0.25) is 0 Å². The lowest BCUT2D eigenvalue weighted by molar-refractivity contribution is 0.0551. The van der Waals surface area contributed by atoms with E-state index in [1.807, 2.05) is 6.92 Å². The molecule has 1 atom stereocenters. The van der Waals surface area contributed by atoms with Crippen LogP contribution in [0.25, 0.3) is 0 Å². The van der Waals surface area contributed by atoms with Crippen LogP contribution in [0.1, 0.15) is 36.4 Å². The summed E-state index contributed by atoms with van der Waals surface area (Å²) >= 11 is 0. The molecule has 0 aliphatic heterocycles. The molecule has 0 fully saturated rings. The summed E-state index contributed by atoms with van der Waals surface area (Å²) < 4.78 is 5.05. The Morgan fingerprint density at radius 1 is 1.62 bits per heavy atom. The number of hydrogen-bond acceptors (Lipinski definition) is 4. The first-order valence-corrected chi connectivity index (χ1v) is 5.19. The van der Waals surface area contributed by atoms with Gasteiger partial charge in [0, 0.05) is 6.54 Å². The predicted octanol–water partition coefficient (Wildman–Crippen LogP) is 1.23. The molecule has 1 unspecified atom stereocenters. The van der Waals surface area contributed by atoms with E-state index in [1.54, 1.807) is 6.92 Å². The lowest BCUT2D eigenvalue weighted by Crippen LogP contribution is -2.36.